The normalized spacial score (nSPS) is 14.2. The van der Waals surface area contributed by atoms with E-state index in [1.807, 2.05) is 0 Å². The Labute approximate surface area is 613 Å². The molecule has 0 aliphatic carbocycles. The molecule has 0 aromatic heterocycles. The van der Waals surface area contributed by atoms with Crippen molar-refractivity contribution in [3.05, 3.63) is 0 Å². The van der Waals surface area contributed by atoms with Crippen molar-refractivity contribution in [2.24, 2.45) is 11.8 Å². The van der Waals surface area contributed by atoms with Crippen LogP contribution in [0.3, 0.4) is 0 Å². The zero-order chi connectivity index (χ0) is 73.5. The number of phosphoric ester groups is 2. The average Bonchev–Trinajstić information content (AvgIpc) is 0.930. The van der Waals surface area contributed by atoms with Gasteiger partial charge in [-0.2, -0.15) is 0 Å². The number of ether oxygens (including phenoxy) is 4. The van der Waals surface area contributed by atoms with Gasteiger partial charge >= 0.3 is 39.5 Å². The van der Waals surface area contributed by atoms with E-state index in [0.29, 0.717) is 25.7 Å². The first-order chi connectivity index (χ1) is 48.4. The van der Waals surface area contributed by atoms with Crippen LogP contribution in [0.15, 0.2) is 0 Å². The van der Waals surface area contributed by atoms with Gasteiger partial charge in [-0.25, -0.2) is 9.13 Å². The summed E-state index contributed by atoms with van der Waals surface area (Å²) in [6.07, 6.45) is 62.2. The largest absolute Gasteiger partial charge is 0.472 e. The topological polar surface area (TPSA) is 237 Å². The van der Waals surface area contributed by atoms with E-state index in [0.717, 1.165) is 102 Å². The molecule has 100 heavy (non-hydrogen) atoms. The maximum absolute atomic E-state index is 13.1. The number of unbranched alkanes of at least 4 members (excludes halogenated alkanes) is 49. The van der Waals surface area contributed by atoms with Gasteiger partial charge in [-0.3, -0.25) is 37.3 Å². The van der Waals surface area contributed by atoms with E-state index in [1.54, 1.807) is 0 Å². The molecule has 0 radical (unpaired) electrons. The summed E-state index contributed by atoms with van der Waals surface area (Å²) in [4.78, 5) is 73.1. The Bertz CT molecular complexity index is 1930. The number of carbonyl (C=O) groups is 4. The van der Waals surface area contributed by atoms with Crippen molar-refractivity contribution in [2.75, 3.05) is 39.6 Å². The molecule has 0 fully saturated rings. The highest BCUT2D eigenvalue weighted by atomic mass is 31.2. The molecule has 17 nitrogen and oxygen atoms in total. The van der Waals surface area contributed by atoms with Crippen LogP contribution in [0.5, 0.6) is 0 Å². The van der Waals surface area contributed by atoms with Crippen molar-refractivity contribution < 1.29 is 80.2 Å². The Morgan fingerprint density at radius 3 is 0.760 bits per heavy atom. The minimum absolute atomic E-state index is 0.108. The maximum atomic E-state index is 13.1. The van der Waals surface area contributed by atoms with E-state index in [2.05, 4.69) is 41.5 Å². The highest BCUT2D eigenvalue weighted by molar-refractivity contribution is 7.47. The molecule has 0 aliphatic heterocycles. The second-order valence-corrected chi connectivity index (χ2v) is 32.8. The molecule has 0 aromatic carbocycles. The molecule has 0 aliphatic rings. The van der Waals surface area contributed by atoms with E-state index < -0.39 is 97.5 Å². The fourth-order valence-corrected chi connectivity index (χ4v) is 14.1. The van der Waals surface area contributed by atoms with Gasteiger partial charge in [0.15, 0.2) is 12.2 Å². The fraction of sp³-hybridized carbons (Fsp3) is 0.951. The zero-order valence-corrected chi connectivity index (χ0v) is 67.3. The Kier molecular flexibility index (Phi) is 71.2. The number of hydrogen-bond donors (Lipinski definition) is 3. The molecule has 3 unspecified atom stereocenters. The number of esters is 4. The molecule has 6 atom stereocenters. The summed E-state index contributed by atoms with van der Waals surface area (Å²) in [6.45, 7) is 9.68. The molecule has 0 saturated carbocycles. The zero-order valence-electron chi connectivity index (χ0n) is 65.5. The van der Waals surface area contributed by atoms with Crippen molar-refractivity contribution in [3.8, 4) is 0 Å². The van der Waals surface area contributed by atoms with Crippen LogP contribution in [0.2, 0.25) is 0 Å². The smallest absolute Gasteiger partial charge is 0.462 e. The molecular weight excluding hydrogens is 1310 g/mol. The molecule has 0 aromatic rings. The van der Waals surface area contributed by atoms with Gasteiger partial charge in [0.25, 0.3) is 0 Å². The van der Waals surface area contributed by atoms with Crippen LogP contribution < -0.4 is 0 Å². The maximum Gasteiger partial charge on any atom is 0.472 e. The van der Waals surface area contributed by atoms with Crippen LogP contribution in [0, 0.1) is 11.8 Å². The predicted molar refractivity (Wildman–Crippen MR) is 409 cm³/mol. The van der Waals surface area contributed by atoms with Gasteiger partial charge in [-0.1, -0.05) is 375 Å². The predicted octanol–water partition coefficient (Wildman–Crippen LogP) is 24.3. The highest BCUT2D eigenvalue weighted by Crippen LogP contribution is 2.45. The first-order valence-electron chi connectivity index (χ1n) is 42.0. The first-order valence-corrected chi connectivity index (χ1v) is 45.0. The third-order valence-corrected chi connectivity index (χ3v) is 21.2. The molecular formula is C81H158O17P2. The monoisotopic (exact) mass is 1470 g/mol. The lowest BCUT2D eigenvalue weighted by atomic mass is 9.99. The number of aliphatic hydroxyl groups is 1. The van der Waals surface area contributed by atoms with Gasteiger partial charge in [0.1, 0.15) is 19.3 Å². The van der Waals surface area contributed by atoms with E-state index in [4.69, 9.17) is 37.0 Å². The molecule has 0 rings (SSSR count). The van der Waals surface area contributed by atoms with Crippen molar-refractivity contribution in [3.63, 3.8) is 0 Å². The van der Waals surface area contributed by atoms with Crippen molar-refractivity contribution in [2.45, 2.75) is 445 Å². The molecule has 594 valence electrons. The molecule has 19 heteroatoms. The molecule has 3 N–H and O–H groups in total. The standard InChI is InChI=1S/C81H158O17P2/c1-7-10-12-14-16-18-20-22-24-29-33-39-45-51-57-63-78(83)91-69-76(97-81(86)66-60-54-48-41-35-31-27-26-28-32-38-44-50-56-62-74(6)9-3)71-95-99(87,88)93-67-75(82)68-94-100(89,90)96-72-77(70-92-79(84)64-58-52-46-42-36-37-43-49-55-61-73(4)5)98-80(85)65-59-53-47-40-34-30-25-23-21-19-17-15-13-11-8-2/h73-77,82H,7-72H2,1-6H3,(H,87,88)(H,89,90)/t74?,75-,76-,77-/m1/s1. The van der Waals surface area contributed by atoms with Crippen LogP contribution in [0.4, 0.5) is 0 Å². The van der Waals surface area contributed by atoms with Crippen LogP contribution in [0.25, 0.3) is 0 Å². The lowest BCUT2D eigenvalue weighted by molar-refractivity contribution is -0.161. The summed E-state index contributed by atoms with van der Waals surface area (Å²) in [5.74, 6) is -0.516. The van der Waals surface area contributed by atoms with Crippen LogP contribution in [0.1, 0.15) is 427 Å². The Hall–Kier alpha value is -1.94. The van der Waals surface area contributed by atoms with E-state index >= 15 is 0 Å². The van der Waals surface area contributed by atoms with Crippen molar-refractivity contribution in [1.29, 1.82) is 0 Å². The van der Waals surface area contributed by atoms with Crippen molar-refractivity contribution >= 4 is 39.5 Å². The summed E-state index contributed by atoms with van der Waals surface area (Å²) < 4.78 is 68.8. The summed E-state index contributed by atoms with van der Waals surface area (Å²) in [5, 5.41) is 10.6. The number of aliphatic hydroxyl groups excluding tert-OH is 1. The minimum Gasteiger partial charge on any atom is -0.462 e. The molecule has 0 amide bonds. The Morgan fingerprint density at radius 1 is 0.290 bits per heavy atom. The van der Waals surface area contributed by atoms with Crippen molar-refractivity contribution in [1.82, 2.24) is 0 Å². The Morgan fingerprint density at radius 2 is 0.510 bits per heavy atom. The van der Waals surface area contributed by atoms with Gasteiger partial charge in [0.2, 0.25) is 0 Å². The molecule has 0 saturated heterocycles. The molecule has 0 spiro atoms. The third-order valence-electron chi connectivity index (χ3n) is 19.3. The minimum atomic E-state index is -4.96. The molecule has 0 heterocycles. The fourth-order valence-electron chi connectivity index (χ4n) is 12.5. The lowest BCUT2D eigenvalue weighted by Gasteiger charge is -2.21. The number of hydrogen-bond acceptors (Lipinski definition) is 15. The summed E-state index contributed by atoms with van der Waals surface area (Å²) in [6, 6.07) is 0. The van der Waals surface area contributed by atoms with Crippen LogP contribution in [-0.4, -0.2) is 96.7 Å². The first kappa shape index (κ1) is 98.1. The summed E-state index contributed by atoms with van der Waals surface area (Å²) in [7, 11) is -9.92. The van der Waals surface area contributed by atoms with Gasteiger partial charge in [0, 0.05) is 25.7 Å². The quantitative estimate of drug-likeness (QED) is 0.0222. The van der Waals surface area contributed by atoms with Gasteiger partial charge in [0.05, 0.1) is 26.4 Å². The Balaban J connectivity index is 5.27. The van der Waals surface area contributed by atoms with Gasteiger partial charge < -0.3 is 33.8 Å². The third kappa shape index (κ3) is 73.0. The van der Waals surface area contributed by atoms with E-state index in [-0.39, 0.29) is 25.7 Å². The highest BCUT2D eigenvalue weighted by Gasteiger charge is 2.30. The summed E-state index contributed by atoms with van der Waals surface area (Å²) in [5.41, 5.74) is 0. The van der Waals surface area contributed by atoms with Crippen LogP contribution in [-0.2, 0) is 65.4 Å². The average molecular weight is 1470 g/mol. The number of carbonyl (C=O) groups excluding carboxylic acids is 4. The molecule has 0 bridgehead atoms. The van der Waals surface area contributed by atoms with Gasteiger partial charge in [-0.15, -0.1) is 0 Å². The SMILES string of the molecule is CCCCCCCCCCCCCCCCCC(=O)OC[C@H](COP(=O)(O)OC[C@@H](O)COP(=O)(O)OC[C@@H](COC(=O)CCCCCCCCCCCC(C)C)OC(=O)CCCCCCCCCCCCCCCCC)OC(=O)CCCCCCCCCCCCCCCCC(C)CC. The van der Waals surface area contributed by atoms with Gasteiger partial charge in [-0.05, 0) is 37.5 Å². The number of rotatable bonds is 80. The second kappa shape index (κ2) is 72.6. The summed E-state index contributed by atoms with van der Waals surface area (Å²) >= 11 is 0. The van der Waals surface area contributed by atoms with Crippen LogP contribution >= 0.6 is 15.6 Å². The van der Waals surface area contributed by atoms with E-state index in [1.165, 1.54) is 244 Å². The second-order valence-electron chi connectivity index (χ2n) is 29.9. The lowest BCUT2D eigenvalue weighted by Crippen LogP contribution is -2.30. The number of phosphoric acid groups is 2. The van der Waals surface area contributed by atoms with E-state index in [9.17, 15) is 43.2 Å².